The van der Waals surface area contributed by atoms with Gasteiger partial charge in [-0.1, -0.05) is 6.07 Å². The number of carbonyl (C=O) groups excluding carboxylic acids is 1. The van der Waals surface area contributed by atoms with Gasteiger partial charge < -0.3 is 19.3 Å². The number of benzene rings is 1. The van der Waals surface area contributed by atoms with Crippen LogP contribution >= 0.6 is 0 Å². The Balaban J connectivity index is 1.96. The van der Waals surface area contributed by atoms with Gasteiger partial charge in [-0.2, -0.15) is 0 Å². The highest BCUT2D eigenvalue weighted by Gasteiger charge is 2.31. The standard InChI is InChI=1S/C14H18O5/c1-3-17-13(15)14(2,16)7-6-10-4-5-11-12(8-10)19-9-18-11/h4-5,8,16H,3,6-7,9H2,1-2H3. The molecule has 0 aromatic heterocycles. The van der Waals surface area contributed by atoms with Gasteiger partial charge in [0.05, 0.1) is 6.61 Å². The molecule has 2 rings (SSSR count). The van der Waals surface area contributed by atoms with E-state index in [-0.39, 0.29) is 13.4 Å². The van der Waals surface area contributed by atoms with Crippen LogP contribution in [0.5, 0.6) is 11.5 Å². The second-order valence-electron chi connectivity index (χ2n) is 4.68. The lowest BCUT2D eigenvalue weighted by Gasteiger charge is -2.20. The summed E-state index contributed by atoms with van der Waals surface area (Å²) < 4.78 is 15.3. The molecule has 0 amide bonds. The van der Waals surface area contributed by atoms with E-state index in [4.69, 9.17) is 14.2 Å². The molecule has 1 aliphatic heterocycles. The average Bonchev–Trinajstić information content (AvgIpc) is 2.84. The van der Waals surface area contributed by atoms with E-state index < -0.39 is 11.6 Å². The summed E-state index contributed by atoms with van der Waals surface area (Å²) in [7, 11) is 0. The number of aliphatic hydroxyl groups is 1. The maximum atomic E-state index is 11.6. The van der Waals surface area contributed by atoms with Crippen molar-refractivity contribution in [3.8, 4) is 11.5 Å². The molecule has 0 spiro atoms. The molecule has 0 saturated carbocycles. The molecule has 0 aliphatic carbocycles. The number of fused-ring (bicyclic) bond motifs is 1. The molecule has 104 valence electrons. The molecule has 5 heteroatoms. The smallest absolute Gasteiger partial charge is 0.337 e. The fourth-order valence-corrected chi connectivity index (χ4v) is 1.87. The van der Waals surface area contributed by atoms with Crippen molar-refractivity contribution in [2.75, 3.05) is 13.4 Å². The van der Waals surface area contributed by atoms with Gasteiger partial charge in [0.25, 0.3) is 0 Å². The lowest BCUT2D eigenvalue weighted by molar-refractivity contribution is -0.163. The summed E-state index contributed by atoms with van der Waals surface area (Å²) in [5.74, 6) is 0.838. The Labute approximate surface area is 112 Å². The highest BCUT2D eigenvalue weighted by Crippen LogP contribution is 2.33. The molecule has 19 heavy (non-hydrogen) atoms. The minimum absolute atomic E-state index is 0.235. The topological polar surface area (TPSA) is 65.0 Å². The van der Waals surface area contributed by atoms with Crippen molar-refractivity contribution in [2.24, 2.45) is 0 Å². The maximum absolute atomic E-state index is 11.6. The summed E-state index contributed by atoms with van der Waals surface area (Å²) in [4.78, 5) is 11.6. The first-order valence-corrected chi connectivity index (χ1v) is 6.31. The van der Waals surface area contributed by atoms with Crippen molar-refractivity contribution in [3.63, 3.8) is 0 Å². The zero-order chi connectivity index (χ0) is 13.9. The fraction of sp³-hybridized carbons (Fsp3) is 0.500. The average molecular weight is 266 g/mol. The van der Waals surface area contributed by atoms with Gasteiger partial charge in [0, 0.05) is 0 Å². The van der Waals surface area contributed by atoms with Crippen LogP contribution in [0.15, 0.2) is 18.2 Å². The largest absolute Gasteiger partial charge is 0.464 e. The van der Waals surface area contributed by atoms with Crippen LogP contribution in [-0.4, -0.2) is 30.1 Å². The summed E-state index contributed by atoms with van der Waals surface area (Å²) in [5, 5.41) is 10.0. The number of aryl methyl sites for hydroxylation is 1. The number of carbonyl (C=O) groups is 1. The van der Waals surface area contributed by atoms with Gasteiger partial charge in [-0.15, -0.1) is 0 Å². The van der Waals surface area contributed by atoms with Gasteiger partial charge in [0.1, 0.15) is 0 Å². The molecule has 1 N–H and O–H groups in total. The van der Waals surface area contributed by atoms with Crippen LogP contribution in [0.4, 0.5) is 0 Å². The highest BCUT2D eigenvalue weighted by molar-refractivity contribution is 5.78. The highest BCUT2D eigenvalue weighted by atomic mass is 16.7. The molecular weight excluding hydrogens is 248 g/mol. The van der Waals surface area contributed by atoms with E-state index in [0.29, 0.717) is 18.6 Å². The van der Waals surface area contributed by atoms with Crippen molar-refractivity contribution in [1.29, 1.82) is 0 Å². The number of hydrogen-bond acceptors (Lipinski definition) is 5. The molecule has 0 bridgehead atoms. The maximum Gasteiger partial charge on any atom is 0.337 e. The Morgan fingerprint density at radius 3 is 2.89 bits per heavy atom. The Kier molecular flexibility index (Phi) is 3.95. The molecule has 5 nitrogen and oxygen atoms in total. The van der Waals surface area contributed by atoms with E-state index in [0.717, 1.165) is 11.3 Å². The third-order valence-corrected chi connectivity index (χ3v) is 3.05. The van der Waals surface area contributed by atoms with Crippen LogP contribution in [0, 0.1) is 0 Å². The van der Waals surface area contributed by atoms with Gasteiger partial charge in [-0.05, 0) is 44.4 Å². The van der Waals surface area contributed by atoms with Crippen molar-refractivity contribution >= 4 is 5.97 Å². The second kappa shape index (κ2) is 5.48. The Hall–Kier alpha value is -1.75. The fourth-order valence-electron chi connectivity index (χ4n) is 1.87. The SMILES string of the molecule is CCOC(=O)C(C)(O)CCc1ccc2c(c1)OCO2. The third kappa shape index (κ3) is 3.17. The van der Waals surface area contributed by atoms with Gasteiger partial charge >= 0.3 is 5.97 Å². The van der Waals surface area contributed by atoms with Crippen molar-refractivity contribution in [2.45, 2.75) is 32.3 Å². The number of rotatable bonds is 5. The van der Waals surface area contributed by atoms with Gasteiger partial charge in [0.15, 0.2) is 17.1 Å². The second-order valence-corrected chi connectivity index (χ2v) is 4.68. The summed E-state index contributed by atoms with van der Waals surface area (Å²) in [6.45, 7) is 3.68. The minimum Gasteiger partial charge on any atom is -0.464 e. The van der Waals surface area contributed by atoms with E-state index >= 15 is 0 Å². The van der Waals surface area contributed by atoms with Crippen LogP contribution in [0.2, 0.25) is 0 Å². The molecular formula is C14H18O5. The quantitative estimate of drug-likeness (QED) is 0.821. The van der Waals surface area contributed by atoms with Gasteiger partial charge in [-0.25, -0.2) is 4.79 Å². The molecule has 1 aromatic rings. The summed E-state index contributed by atoms with van der Waals surface area (Å²) in [6.07, 6.45) is 0.855. The monoisotopic (exact) mass is 266 g/mol. The Morgan fingerprint density at radius 2 is 2.16 bits per heavy atom. The van der Waals surface area contributed by atoms with E-state index in [9.17, 15) is 9.90 Å². The van der Waals surface area contributed by atoms with Gasteiger partial charge in [-0.3, -0.25) is 0 Å². The summed E-state index contributed by atoms with van der Waals surface area (Å²) in [5.41, 5.74) is -0.485. The third-order valence-electron chi connectivity index (χ3n) is 3.05. The molecule has 1 aromatic carbocycles. The predicted octanol–water partition coefficient (Wildman–Crippen LogP) is 1.66. The molecule has 0 radical (unpaired) electrons. The molecule has 1 heterocycles. The molecule has 1 atom stereocenters. The van der Waals surface area contributed by atoms with Crippen molar-refractivity contribution in [1.82, 2.24) is 0 Å². The van der Waals surface area contributed by atoms with Crippen molar-refractivity contribution in [3.05, 3.63) is 23.8 Å². The van der Waals surface area contributed by atoms with Crippen LogP contribution in [0.1, 0.15) is 25.8 Å². The summed E-state index contributed by atoms with van der Waals surface area (Å²) >= 11 is 0. The lowest BCUT2D eigenvalue weighted by atomic mass is 9.97. The van der Waals surface area contributed by atoms with E-state index in [1.54, 1.807) is 6.92 Å². The first kappa shape index (κ1) is 13.7. The lowest BCUT2D eigenvalue weighted by Crippen LogP contribution is -2.37. The van der Waals surface area contributed by atoms with E-state index in [1.165, 1.54) is 6.92 Å². The van der Waals surface area contributed by atoms with Crippen LogP contribution in [0.3, 0.4) is 0 Å². The molecule has 1 aliphatic rings. The summed E-state index contributed by atoms with van der Waals surface area (Å²) in [6, 6.07) is 5.59. The Morgan fingerprint density at radius 1 is 1.42 bits per heavy atom. The Bertz CT molecular complexity index is 467. The zero-order valence-electron chi connectivity index (χ0n) is 11.1. The van der Waals surface area contributed by atoms with Crippen LogP contribution < -0.4 is 9.47 Å². The minimum atomic E-state index is -1.47. The number of hydrogen-bond donors (Lipinski definition) is 1. The van der Waals surface area contributed by atoms with Gasteiger partial charge in [0.2, 0.25) is 6.79 Å². The predicted molar refractivity (Wildman–Crippen MR) is 68.1 cm³/mol. The van der Waals surface area contributed by atoms with Crippen molar-refractivity contribution < 1.29 is 24.1 Å². The number of esters is 1. The normalized spacial score (nSPS) is 15.9. The van der Waals surface area contributed by atoms with Crippen LogP contribution in [-0.2, 0) is 16.0 Å². The first-order chi connectivity index (χ1) is 9.03. The van der Waals surface area contributed by atoms with Crippen LogP contribution in [0.25, 0.3) is 0 Å². The first-order valence-electron chi connectivity index (χ1n) is 6.31. The number of ether oxygens (including phenoxy) is 3. The van der Waals surface area contributed by atoms with E-state index in [1.807, 2.05) is 18.2 Å². The molecule has 0 fully saturated rings. The molecule has 1 unspecified atom stereocenters. The van der Waals surface area contributed by atoms with E-state index in [2.05, 4.69) is 0 Å². The molecule has 0 saturated heterocycles. The zero-order valence-corrected chi connectivity index (χ0v) is 11.1.